The zero-order valence-corrected chi connectivity index (χ0v) is 13.4. The van der Waals surface area contributed by atoms with Crippen LogP contribution >= 0.6 is 0 Å². The maximum Gasteiger partial charge on any atom is 0.228 e. The van der Waals surface area contributed by atoms with E-state index >= 15 is 0 Å². The average Bonchev–Trinajstić information content (AvgIpc) is 2.89. The number of hydrogen-bond acceptors (Lipinski definition) is 2. The number of likely N-dealkylation sites (tertiary alicyclic amines) is 1. The molecule has 2 aliphatic rings. The summed E-state index contributed by atoms with van der Waals surface area (Å²) in [5.74, 6) is 0.615. The number of rotatable bonds is 2. The highest BCUT2D eigenvalue weighted by molar-refractivity contribution is 6.00. The van der Waals surface area contributed by atoms with Crippen LogP contribution in [-0.2, 0) is 9.59 Å². The summed E-state index contributed by atoms with van der Waals surface area (Å²) >= 11 is 0. The minimum Gasteiger partial charge on any atom is -0.342 e. The summed E-state index contributed by atoms with van der Waals surface area (Å²) in [5.41, 5.74) is 2.07. The average molecular weight is 300 g/mol. The number of aryl methyl sites for hydroxylation is 1. The molecule has 4 nitrogen and oxygen atoms in total. The second-order valence-electron chi connectivity index (χ2n) is 6.77. The van der Waals surface area contributed by atoms with Crippen LogP contribution in [0.3, 0.4) is 0 Å². The van der Waals surface area contributed by atoms with Crippen molar-refractivity contribution in [1.82, 2.24) is 4.90 Å². The van der Waals surface area contributed by atoms with Gasteiger partial charge in [-0.2, -0.15) is 0 Å². The monoisotopic (exact) mass is 300 g/mol. The van der Waals surface area contributed by atoms with E-state index in [0.717, 1.165) is 25.2 Å². The quantitative estimate of drug-likeness (QED) is 0.842. The highest BCUT2D eigenvalue weighted by atomic mass is 16.2. The molecule has 3 rings (SSSR count). The second kappa shape index (κ2) is 6.11. The predicted octanol–water partition coefficient (Wildman–Crippen LogP) is 2.61. The highest BCUT2D eigenvalue weighted by Crippen LogP contribution is 2.28. The second-order valence-corrected chi connectivity index (χ2v) is 6.77. The van der Waals surface area contributed by atoms with E-state index in [1.807, 2.05) is 36.1 Å². The van der Waals surface area contributed by atoms with Gasteiger partial charge in [-0.15, -0.1) is 0 Å². The third-order valence-electron chi connectivity index (χ3n) is 4.79. The number of carbonyl (C=O) groups is 2. The van der Waals surface area contributed by atoms with Crippen LogP contribution in [0.5, 0.6) is 0 Å². The largest absolute Gasteiger partial charge is 0.342 e. The Balaban J connectivity index is 1.68. The predicted molar refractivity (Wildman–Crippen MR) is 86.6 cm³/mol. The van der Waals surface area contributed by atoms with E-state index in [-0.39, 0.29) is 17.7 Å². The van der Waals surface area contributed by atoms with E-state index in [0.29, 0.717) is 18.9 Å². The van der Waals surface area contributed by atoms with E-state index in [2.05, 4.69) is 6.92 Å². The third-order valence-corrected chi connectivity index (χ3v) is 4.79. The molecule has 0 unspecified atom stereocenters. The molecule has 0 N–H and O–H groups in total. The van der Waals surface area contributed by atoms with Crippen LogP contribution in [0.25, 0.3) is 0 Å². The molecule has 0 bridgehead atoms. The Morgan fingerprint density at radius 3 is 2.59 bits per heavy atom. The SMILES string of the molecule is Cc1ccc(N2C[C@@H](C(=O)N3CCC[C@@H](C)C3)CC2=O)cc1. The zero-order chi connectivity index (χ0) is 15.7. The first-order valence-corrected chi connectivity index (χ1v) is 8.20. The maximum atomic E-state index is 12.7. The molecular weight excluding hydrogens is 276 g/mol. The van der Waals surface area contributed by atoms with E-state index in [9.17, 15) is 9.59 Å². The Labute approximate surface area is 132 Å². The molecule has 2 atom stereocenters. The van der Waals surface area contributed by atoms with Crippen molar-refractivity contribution in [2.24, 2.45) is 11.8 Å². The van der Waals surface area contributed by atoms with E-state index in [4.69, 9.17) is 0 Å². The van der Waals surface area contributed by atoms with E-state index in [1.165, 1.54) is 12.0 Å². The molecule has 2 amide bonds. The van der Waals surface area contributed by atoms with Gasteiger partial charge in [0.15, 0.2) is 0 Å². The van der Waals surface area contributed by atoms with Gasteiger partial charge in [0.25, 0.3) is 0 Å². The van der Waals surface area contributed by atoms with Gasteiger partial charge in [-0.25, -0.2) is 0 Å². The summed E-state index contributed by atoms with van der Waals surface area (Å²) in [6, 6.07) is 7.93. The lowest BCUT2D eigenvalue weighted by Crippen LogP contribution is -2.43. The summed E-state index contributed by atoms with van der Waals surface area (Å²) in [6.45, 7) is 6.43. The molecule has 0 radical (unpaired) electrons. The van der Waals surface area contributed by atoms with Crippen LogP contribution in [0.2, 0.25) is 0 Å². The topological polar surface area (TPSA) is 40.6 Å². The summed E-state index contributed by atoms with van der Waals surface area (Å²) in [5, 5.41) is 0. The number of anilines is 1. The van der Waals surface area contributed by atoms with Crippen molar-refractivity contribution >= 4 is 17.5 Å². The first kappa shape index (κ1) is 15.1. The molecule has 2 heterocycles. The van der Waals surface area contributed by atoms with Gasteiger partial charge >= 0.3 is 0 Å². The van der Waals surface area contributed by atoms with Crippen molar-refractivity contribution < 1.29 is 9.59 Å². The van der Waals surface area contributed by atoms with Gasteiger partial charge in [-0.05, 0) is 37.8 Å². The van der Waals surface area contributed by atoms with Crippen molar-refractivity contribution in [3.63, 3.8) is 0 Å². The molecule has 0 saturated carbocycles. The highest BCUT2D eigenvalue weighted by Gasteiger charge is 2.37. The molecule has 1 aromatic carbocycles. The van der Waals surface area contributed by atoms with Crippen molar-refractivity contribution in [2.75, 3.05) is 24.5 Å². The number of nitrogens with zero attached hydrogens (tertiary/aromatic N) is 2. The number of amides is 2. The lowest BCUT2D eigenvalue weighted by atomic mass is 9.98. The Morgan fingerprint density at radius 1 is 1.18 bits per heavy atom. The summed E-state index contributed by atoms with van der Waals surface area (Å²) in [4.78, 5) is 28.7. The number of piperidine rings is 1. The Morgan fingerprint density at radius 2 is 1.91 bits per heavy atom. The molecule has 118 valence electrons. The smallest absolute Gasteiger partial charge is 0.228 e. The molecule has 2 fully saturated rings. The number of hydrogen-bond donors (Lipinski definition) is 0. The first-order valence-electron chi connectivity index (χ1n) is 8.20. The van der Waals surface area contributed by atoms with Crippen LogP contribution in [0.1, 0.15) is 31.7 Å². The fraction of sp³-hybridized carbons (Fsp3) is 0.556. The van der Waals surface area contributed by atoms with Crippen LogP contribution < -0.4 is 4.90 Å². The van der Waals surface area contributed by atoms with Gasteiger partial charge in [0.1, 0.15) is 0 Å². The number of benzene rings is 1. The van der Waals surface area contributed by atoms with E-state index in [1.54, 1.807) is 4.90 Å². The molecule has 2 aliphatic heterocycles. The maximum absolute atomic E-state index is 12.7. The van der Waals surface area contributed by atoms with Crippen molar-refractivity contribution in [2.45, 2.75) is 33.1 Å². The van der Waals surface area contributed by atoms with E-state index < -0.39 is 0 Å². The molecule has 0 aromatic heterocycles. The first-order chi connectivity index (χ1) is 10.5. The van der Waals surface area contributed by atoms with Crippen molar-refractivity contribution in [3.8, 4) is 0 Å². The van der Waals surface area contributed by atoms with Gasteiger partial charge in [-0.1, -0.05) is 24.6 Å². The van der Waals surface area contributed by atoms with Gasteiger partial charge in [-0.3, -0.25) is 9.59 Å². The summed E-state index contributed by atoms with van der Waals surface area (Å²) in [7, 11) is 0. The molecule has 0 aliphatic carbocycles. The summed E-state index contributed by atoms with van der Waals surface area (Å²) in [6.07, 6.45) is 2.62. The minimum atomic E-state index is -0.181. The fourth-order valence-electron chi connectivity index (χ4n) is 3.50. The molecular formula is C18H24N2O2. The Bertz CT molecular complexity index is 567. The molecule has 1 aromatic rings. The molecule has 22 heavy (non-hydrogen) atoms. The van der Waals surface area contributed by atoms with Gasteiger partial charge in [0.05, 0.1) is 5.92 Å². The summed E-state index contributed by atoms with van der Waals surface area (Å²) < 4.78 is 0. The van der Waals surface area contributed by atoms with Crippen LogP contribution in [-0.4, -0.2) is 36.3 Å². The van der Waals surface area contributed by atoms with Gasteiger partial charge in [0.2, 0.25) is 11.8 Å². The molecule has 0 spiro atoms. The standard InChI is InChI=1S/C18H24N2O2/c1-13-5-7-16(8-6-13)20-12-15(10-17(20)21)18(22)19-9-3-4-14(2)11-19/h5-8,14-15H,3-4,9-12H2,1-2H3/t14-,15+/m1/s1. The molecule has 2 saturated heterocycles. The van der Waals surface area contributed by atoms with Crippen LogP contribution in [0, 0.1) is 18.8 Å². The van der Waals surface area contributed by atoms with Crippen LogP contribution in [0.15, 0.2) is 24.3 Å². The van der Waals surface area contributed by atoms with Crippen molar-refractivity contribution in [3.05, 3.63) is 29.8 Å². The fourth-order valence-corrected chi connectivity index (χ4v) is 3.50. The zero-order valence-electron chi connectivity index (χ0n) is 13.4. The van der Waals surface area contributed by atoms with Crippen LogP contribution in [0.4, 0.5) is 5.69 Å². The number of carbonyl (C=O) groups excluding carboxylic acids is 2. The normalized spacial score (nSPS) is 25.6. The third kappa shape index (κ3) is 3.01. The lowest BCUT2D eigenvalue weighted by molar-refractivity contribution is -0.137. The Hall–Kier alpha value is -1.84. The Kier molecular flexibility index (Phi) is 4.19. The van der Waals surface area contributed by atoms with Gasteiger partial charge in [0, 0.05) is 31.7 Å². The van der Waals surface area contributed by atoms with Gasteiger partial charge < -0.3 is 9.80 Å². The molecule has 4 heteroatoms. The minimum absolute atomic E-state index is 0.0623. The van der Waals surface area contributed by atoms with Crippen molar-refractivity contribution in [1.29, 1.82) is 0 Å². The lowest BCUT2D eigenvalue weighted by Gasteiger charge is -2.32.